The maximum Gasteiger partial charge on any atom is 0.534 e. The highest BCUT2D eigenvalue weighted by molar-refractivity contribution is 7.88. The third-order valence-corrected chi connectivity index (χ3v) is 9.06. The molecule has 0 aromatic heterocycles. The van der Waals surface area contributed by atoms with E-state index in [0.29, 0.717) is 29.8 Å². The van der Waals surface area contributed by atoms with Crippen molar-refractivity contribution >= 4 is 35.3 Å². The van der Waals surface area contributed by atoms with Gasteiger partial charge in [0.25, 0.3) is 0 Å². The maximum atomic E-state index is 12.4. The molecule has 3 fully saturated rings. The topological polar surface area (TPSA) is 133 Å². The number of carbonyl (C=O) groups excluding carboxylic acids is 2. The van der Waals surface area contributed by atoms with E-state index in [2.05, 4.69) is 4.18 Å². The molecule has 3 saturated heterocycles. The van der Waals surface area contributed by atoms with Crippen molar-refractivity contribution < 1.29 is 63.6 Å². The molecule has 258 valence electrons. The third kappa shape index (κ3) is 9.25. The van der Waals surface area contributed by atoms with Crippen LogP contribution in [0.3, 0.4) is 0 Å². The van der Waals surface area contributed by atoms with Gasteiger partial charge in [-0.25, -0.2) is 0 Å². The van der Waals surface area contributed by atoms with E-state index in [-0.39, 0.29) is 23.9 Å². The van der Waals surface area contributed by atoms with Crippen LogP contribution in [0.4, 0.5) is 13.2 Å². The minimum absolute atomic E-state index is 0.0369. The normalized spacial score (nSPS) is 22.4. The van der Waals surface area contributed by atoms with Crippen molar-refractivity contribution in [1.29, 1.82) is 0 Å². The van der Waals surface area contributed by atoms with E-state index in [4.69, 9.17) is 28.3 Å². The zero-order valence-electron chi connectivity index (χ0n) is 26.5. The van der Waals surface area contributed by atoms with Crippen molar-refractivity contribution in [2.75, 3.05) is 13.2 Å². The van der Waals surface area contributed by atoms with E-state index < -0.39 is 46.0 Å². The molecule has 3 aliphatic heterocycles. The molecule has 0 bridgehead atoms. The van der Waals surface area contributed by atoms with E-state index in [0.717, 1.165) is 57.1 Å². The summed E-state index contributed by atoms with van der Waals surface area (Å²) in [5, 5.41) is 0. The molecule has 11 nitrogen and oxygen atoms in total. The molecule has 0 spiro atoms. The number of carbonyl (C=O) groups is 2. The first-order chi connectivity index (χ1) is 22.0. The molecule has 2 aromatic carbocycles. The van der Waals surface area contributed by atoms with Gasteiger partial charge >= 0.3 is 22.7 Å². The molecular formula is C31H38BF3O11S. The molecule has 47 heavy (non-hydrogen) atoms. The Kier molecular flexibility index (Phi) is 11.6. The summed E-state index contributed by atoms with van der Waals surface area (Å²) in [5.74, 6) is -0.0577. The maximum absolute atomic E-state index is 12.4. The zero-order chi connectivity index (χ0) is 34.5. The highest BCUT2D eigenvalue weighted by Crippen LogP contribution is 2.37. The Balaban J connectivity index is 0.000000213. The number of rotatable bonds is 9. The average molecular weight is 687 g/mol. The summed E-state index contributed by atoms with van der Waals surface area (Å²) in [4.78, 5) is 22.3. The molecule has 3 heterocycles. The van der Waals surface area contributed by atoms with Gasteiger partial charge in [0.2, 0.25) is 0 Å². The fourth-order valence-corrected chi connectivity index (χ4v) is 5.22. The summed E-state index contributed by atoms with van der Waals surface area (Å²) >= 11 is 0. The van der Waals surface area contributed by atoms with Crippen LogP contribution in [0.25, 0.3) is 0 Å². The van der Waals surface area contributed by atoms with Crippen LogP contribution in [0.1, 0.15) is 86.9 Å². The zero-order valence-corrected chi connectivity index (χ0v) is 27.4. The lowest BCUT2D eigenvalue weighted by Crippen LogP contribution is -2.41. The summed E-state index contributed by atoms with van der Waals surface area (Å²) < 4.78 is 97.6. The first-order valence-corrected chi connectivity index (χ1v) is 16.6. The second-order valence-corrected chi connectivity index (χ2v) is 13.7. The smallest absolute Gasteiger partial charge is 0.465 e. The van der Waals surface area contributed by atoms with Crippen LogP contribution in [0.5, 0.6) is 17.2 Å². The Morgan fingerprint density at radius 3 is 1.72 bits per heavy atom. The number of halogens is 3. The first kappa shape index (κ1) is 36.7. The Morgan fingerprint density at radius 1 is 0.787 bits per heavy atom. The van der Waals surface area contributed by atoms with E-state index in [1.807, 2.05) is 33.8 Å². The Bertz CT molecular complexity index is 1490. The standard InChI is InChI=1S/C18H25BO5.C13H13F3O6S/c1-17(2)18(3,4)24-19(23-17)15-11-14(9-8-13(15)12-20)22-16-7-5-6-10-21-16;14-13(15,16)23(18,19)22-11-7-10(5-4-9(11)8-17)21-12-3-1-2-6-20-12/h8-9,11-12,16H,5-7,10H2,1-4H3;4-5,7-8,12H,1-3,6H2. The lowest BCUT2D eigenvalue weighted by atomic mass is 9.76. The highest BCUT2D eigenvalue weighted by Gasteiger charge is 2.52. The van der Waals surface area contributed by atoms with Crippen LogP contribution < -0.4 is 19.1 Å². The molecule has 0 amide bonds. The summed E-state index contributed by atoms with van der Waals surface area (Å²) in [6.07, 6.45) is 5.57. The van der Waals surface area contributed by atoms with Gasteiger partial charge in [0.1, 0.15) is 17.8 Å². The van der Waals surface area contributed by atoms with Crippen molar-refractivity contribution in [2.45, 2.75) is 95.5 Å². The van der Waals surface area contributed by atoms with Gasteiger partial charge in [0, 0.05) is 24.5 Å². The molecule has 2 atom stereocenters. The summed E-state index contributed by atoms with van der Waals surface area (Å²) in [6.45, 7) is 9.17. The molecule has 0 aliphatic carbocycles. The van der Waals surface area contributed by atoms with Gasteiger partial charge in [0.15, 0.2) is 24.6 Å². The van der Waals surface area contributed by atoms with Crippen molar-refractivity contribution in [2.24, 2.45) is 0 Å². The second kappa shape index (κ2) is 14.9. The number of benzene rings is 2. The number of alkyl halides is 3. The molecule has 3 aliphatic rings. The number of aldehydes is 2. The van der Waals surface area contributed by atoms with Crippen molar-refractivity contribution in [1.82, 2.24) is 0 Å². The minimum Gasteiger partial charge on any atom is -0.465 e. The van der Waals surface area contributed by atoms with Crippen molar-refractivity contribution in [3.63, 3.8) is 0 Å². The number of ether oxygens (including phenoxy) is 4. The van der Waals surface area contributed by atoms with Crippen LogP contribution in [0, 0.1) is 0 Å². The van der Waals surface area contributed by atoms with Gasteiger partial charge in [-0.2, -0.15) is 21.6 Å². The highest BCUT2D eigenvalue weighted by atomic mass is 32.2. The fourth-order valence-electron chi connectivity index (χ4n) is 4.74. The van der Waals surface area contributed by atoms with Gasteiger partial charge < -0.3 is 32.4 Å². The molecule has 2 aromatic rings. The van der Waals surface area contributed by atoms with Crippen LogP contribution in [0.15, 0.2) is 36.4 Å². The van der Waals surface area contributed by atoms with Gasteiger partial charge in [-0.3, -0.25) is 9.59 Å². The minimum atomic E-state index is -5.88. The SMILES string of the molecule is CC1(C)OB(c2cc(OC3CCCCO3)ccc2C=O)OC1(C)C.O=Cc1ccc(OC2CCCCO2)cc1OS(=O)(=O)C(F)(F)F. The van der Waals surface area contributed by atoms with Gasteiger partial charge in [-0.1, -0.05) is 0 Å². The molecule has 0 radical (unpaired) electrons. The van der Waals surface area contributed by atoms with Crippen LogP contribution in [-0.4, -0.2) is 70.6 Å². The molecule has 0 N–H and O–H groups in total. The molecule has 5 rings (SSSR count). The fraction of sp³-hybridized carbons (Fsp3) is 0.548. The average Bonchev–Trinajstić information content (AvgIpc) is 3.24. The molecule has 0 saturated carbocycles. The molecular weight excluding hydrogens is 648 g/mol. The molecule has 16 heteroatoms. The van der Waals surface area contributed by atoms with E-state index >= 15 is 0 Å². The van der Waals surface area contributed by atoms with Crippen LogP contribution in [0.2, 0.25) is 0 Å². The largest absolute Gasteiger partial charge is 0.534 e. The summed E-state index contributed by atoms with van der Waals surface area (Å²) in [6, 6.07) is 8.68. The predicted molar refractivity (Wildman–Crippen MR) is 163 cm³/mol. The van der Waals surface area contributed by atoms with E-state index in [1.54, 1.807) is 12.1 Å². The Morgan fingerprint density at radius 2 is 1.28 bits per heavy atom. The van der Waals surface area contributed by atoms with Gasteiger partial charge in [-0.15, -0.1) is 0 Å². The van der Waals surface area contributed by atoms with E-state index in [9.17, 15) is 31.2 Å². The monoisotopic (exact) mass is 686 g/mol. The van der Waals surface area contributed by atoms with Crippen molar-refractivity contribution in [3.8, 4) is 17.2 Å². The van der Waals surface area contributed by atoms with Crippen LogP contribution in [-0.2, 0) is 28.9 Å². The predicted octanol–water partition coefficient (Wildman–Crippen LogP) is 5.34. The summed E-state index contributed by atoms with van der Waals surface area (Å²) in [7, 11) is -6.47. The Hall–Kier alpha value is -3.18. The Labute approximate surface area is 272 Å². The van der Waals surface area contributed by atoms with Gasteiger partial charge in [0.05, 0.1) is 30.0 Å². The summed E-state index contributed by atoms with van der Waals surface area (Å²) in [5.41, 5.74) is -5.63. The van der Waals surface area contributed by atoms with E-state index in [1.165, 1.54) is 6.07 Å². The molecule has 2 unspecified atom stereocenters. The van der Waals surface area contributed by atoms with Crippen molar-refractivity contribution in [3.05, 3.63) is 47.5 Å². The van der Waals surface area contributed by atoms with Crippen LogP contribution >= 0.6 is 0 Å². The lowest BCUT2D eigenvalue weighted by Gasteiger charge is -2.32. The first-order valence-electron chi connectivity index (χ1n) is 15.2. The quantitative estimate of drug-likeness (QED) is 0.147. The number of hydrogen-bond donors (Lipinski definition) is 0. The third-order valence-electron chi connectivity index (χ3n) is 8.10. The van der Waals surface area contributed by atoms with Gasteiger partial charge in [-0.05, 0) is 89.2 Å². The second-order valence-electron chi connectivity index (χ2n) is 12.1. The number of hydrogen-bond acceptors (Lipinski definition) is 11. The lowest BCUT2D eigenvalue weighted by molar-refractivity contribution is -0.106.